The normalized spacial score (nSPS) is 17.5. The molecule has 2 aromatic carbocycles. The summed E-state index contributed by atoms with van der Waals surface area (Å²) in [6, 6.07) is 19.0. The van der Waals surface area contributed by atoms with E-state index in [2.05, 4.69) is 4.72 Å². The van der Waals surface area contributed by atoms with E-state index in [1.807, 2.05) is 72.3 Å². The first kappa shape index (κ1) is 21.8. The van der Waals surface area contributed by atoms with Crippen LogP contribution in [0.4, 0.5) is 0 Å². The molecule has 0 saturated heterocycles. The molecular weight excluding hydrogens is 430 g/mol. The van der Waals surface area contributed by atoms with Crippen LogP contribution in [0.1, 0.15) is 41.0 Å². The monoisotopic (exact) mass is 455 g/mol. The summed E-state index contributed by atoms with van der Waals surface area (Å²) in [4.78, 5) is 0. The fraction of sp³-hybridized carbons (Fsp3) is 0.261. The Bertz CT molecular complexity index is 1160. The first-order valence-corrected chi connectivity index (χ1v) is 13.2. The van der Waals surface area contributed by atoms with Gasteiger partial charge in [0.25, 0.3) is 0 Å². The van der Waals surface area contributed by atoms with Crippen LogP contribution in [0.3, 0.4) is 0 Å². The summed E-state index contributed by atoms with van der Waals surface area (Å²) < 4.78 is 42.1. The van der Waals surface area contributed by atoms with Gasteiger partial charge in [0.1, 0.15) is 11.5 Å². The molecule has 0 aliphatic carbocycles. The van der Waals surface area contributed by atoms with Gasteiger partial charge in [0.2, 0.25) is 10.0 Å². The van der Waals surface area contributed by atoms with Crippen molar-refractivity contribution in [3.8, 4) is 0 Å². The van der Waals surface area contributed by atoms with Crippen molar-refractivity contribution in [1.29, 1.82) is 0 Å². The van der Waals surface area contributed by atoms with Crippen molar-refractivity contribution < 1.29 is 13.0 Å². The van der Waals surface area contributed by atoms with E-state index >= 15 is 0 Å². The number of aromatic nitrogens is 2. The van der Waals surface area contributed by atoms with Crippen molar-refractivity contribution in [3.05, 3.63) is 94.1 Å². The van der Waals surface area contributed by atoms with Crippen LogP contribution in [-0.4, -0.2) is 28.5 Å². The Morgan fingerprint density at radius 2 is 1.84 bits per heavy atom. The summed E-state index contributed by atoms with van der Waals surface area (Å²) in [6.45, 7) is 2.33. The molecular formula is C23H25N3O3S2. The summed E-state index contributed by atoms with van der Waals surface area (Å²) in [6.07, 6.45) is 2.22. The highest BCUT2D eigenvalue weighted by atomic mass is 32.2. The molecule has 1 aromatic heterocycles. The van der Waals surface area contributed by atoms with Crippen LogP contribution in [0.15, 0.2) is 66.1 Å². The predicted molar refractivity (Wildman–Crippen MR) is 124 cm³/mol. The summed E-state index contributed by atoms with van der Waals surface area (Å²) in [5.74, 6) is 0.991. The van der Waals surface area contributed by atoms with E-state index in [1.54, 1.807) is 6.08 Å². The lowest BCUT2D eigenvalue weighted by atomic mass is 10.1. The third kappa shape index (κ3) is 5.46. The lowest BCUT2D eigenvalue weighted by molar-refractivity contribution is 0.576. The SMILES string of the molecule is C[C@@H](NS(=O)(=O)/C=C/c1c2c(nn1Cc1ccccc1)CC[S+]([O-])C2)c1ccccc1. The molecule has 0 bridgehead atoms. The third-order valence-corrected chi connectivity index (χ3v) is 7.72. The Hall–Kier alpha value is -2.39. The highest BCUT2D eigenvalue weighted by molar-refractivity contribution is 7.92. The summed E-state index contributed by atoms with van der Waals surface area (Å²) >= 11 is -0.956. The average molecular weight is 456 g/mol. The Labute approximate surface area is 186 Å². The van der Waals surface area contributed by atoms with E-state index in [-0.39, 0.29) is 6.04 Å². The molecule has 1 aliphatic heterocycles. The van der Waals surface area contributed by atoms with E-state index in [1.165, 1.54) is 5.41 Å². The molecule has 0 saturated carbocycles. The van der Waals surface area contributed by atoms with Crippen molar-refractivity contribution in [2.24, 2.45) is 0 Å². The van der Waals surface area contributed by atoms with Crippen LogP contribution in [0.2, 0.25) is 0 Å². The minimum absolute atomic E-state index is 0.355. The van der Waals surface area contributed by atoms with Crippen molar-refractivity contribution in [3.63, 3.8) is 0 Å². The number of benzene rings is 2. The van der Waals surface area contributed by atoms with E-state index in [4.69, 9.17) is 5.10 Å². The van der Waals surface area contributed by atoms with Gasteiger partial charge >= 0.3 is 0 Å². The fourth-order valence-electron chi connectivity index (χ4n) is 3.68. The van der Waals surface area contributed by atoms with Gasteiger partial charge < -0.3 is 4.55 Å². The molecule has 2 atom stereocenters. The Balaban J connectivity index is 1.61. The standard InChI is InChI=1S/C23H25N3O3S2/c1-18(20-10-6-3-7-11-20)25-31(28,29)15-13-23-21-17-30(27)14-12-22(21)24-26(23)16-19-8-4-2-5-9-19/h2-11,13,15,18,25H,12,14,16-17H2,1H3/b15-13+/t18-,30?/m1/s1. The maximum atomic E-state index is 12.7. The predicted octanol–water partition coefficient (Wildman–Crippen LogP) is 3.39. The molecule has 0 fully saturated rings. The van der Waals surface area contributed by atoms with Crippen LogP contribution < -0.4 is 4.72 Å². The van der Waals surface area contributed by atoms with Crippen LogP contribution in [0.25, 0.3) is 6.08 Å². The van der Waals surface area contributed by atoms with Gasteiger partial charge in [0, 0.05) is 23.4 Å². The molecule has 1 aliphatic rings. The molecule has 6 nitrogen and oxygen atoms in total. The number of nitrogens with one attached hydrogen (secondary N) is 1. The van der Waals surface area contributed by atoms with Gasteiger partial charge in [-0.2, -0.15) is 5.10 Å². The highest BCUT2D eigenvalue weighted by Crippen LogP contribution is 2.26. The van der Waals surface area contributed by atoms with Gasteiger partial charge in [-0.3, -0.25) is 4.68 Å². The molecule has 31 heavy (non-hydrogen) atoms. The van der Waals surface area contributed by atoms with Crippen molar-refractivity contribution in [2.45, 2.75) is 31.7 Å². The van der Waals surface area contributed by atoms with Gasteiger partial charge in [0.05, 0.1) is 17.9 Å². The van der Waals surface area contributed by atoms with Crippen LogP contribution in [0, 0.1) is 0 Å². The lowest BCUT2D eigenvalue weighted by Gasteiger charge is -2.16. The number of sulfonamides is 1. The number of hydrogen-bond acceptors (Lipinski definition) is 4. The molecule has 8 heteroatoms. The quantitative estimate of drug-likeness (QED) is 0.553. The van der Waals surface area contributed by atoms with Crippen LogP contribution >= 0.6 is 0 Å². The first-order chi connectivity index (χ1) is 14.9. The molecule has 3 aromatic rings. The second kappa shape index (κ2) is 9.40. The van der Waals surface area contributed by atoms with E-state index in [0.29, 0.717) is 30.2 Å². The highest BCUT2D eigenvalue weighted by Gasteiger charge is 2.26. The van der Waals surface area contributed by atoms with E-state index in [0.717, 1.165) is 22.4 Å². The molecule has 0 radical (unpaired) electrons. The average Bonchev–Trinajstić information content (AvgIpc) is 3.09. The number of fused-ring (bicyclic) bond motifs is 1. The van der Waals surface area contributed by atoms with Crippen LogP contribution in [0.5, 0.6) is 0 Å². The zero-order valence-corrected chi connectivity index (χ0v) is 18.9. The smallest absolute Gasteiger partial charge is 0.234 e. The molecule has 2 heterocycles. The number of aryl methyl sites for hydroxylation is 1. The first-order valence-electron chi connectivity index (χ1n) is 10.1. The third-order valence-electron chi connectivity index (χ3n) is 5.27. The molecule has 0 amide bonds. The maximum Gasteiger partial charge on any atom is 0.234 e. The number of rotatable bonds is 7. The van der Waals surface area contributed by atoms with Crippen molar-refractivity contribution >= 4 is 27.3 Å². The summed E-state index contributed by atoms with van der Waals surface area (Å²) in [5.41, 5.74) is 4.43. The lowest BCUT2D eigenvalue weighted by Crippen LogP contribution is -2.24. The Kier molecular flexibility index (Phi) is 6.62. The molecule has 4 rings (SSSR count). The van der Waals surface area contributed by atoms with Gasteiger partial charge in [-0.15, -0.1) is 0 Å². The minimum Gasteiger partial charge on any atom is -0.616 e. The zero-order valence-electron chi connectivity index (χ0n) is 17.3. The number of nitrogens with zero attached hydrogens (tertiary/aromatic N) is 2. The van der Waals surface area contributed by atoms with E-state index < -0.39 is 21.2 Å². The summed E-state index contributed by atoms with van der Waals surface area (Å²) in [5, 5.41) is 5.89. The number of hydrogen-bond donors (Lipinski definition) is 1. The topological polar surface area (TPSA) is 87.0 Å². The van der Waals surface area contributed by atoms with E-state index in [9.17, 15) is 13.0 Å². The van der Waals surface area contributed by atoms with Gasteiger partial charge in [-0.05, 0) is 35.3 Å². The zero-order chi connectivity index (χ0) is 21.8. The van der Waals surface area contributed by atoms with Crippen molar-refractivity contribution in [1.82, 2.24) is 14.5 Å². The molecule has 1 unspecified atom stereocenters. The van der Waals surface area contributed by atoms with Gasteiger partial charge in [-0.25, -0.2) is 13.1 Å². The Morgan fingerprint density at radius 3 is 2.55 bits per heavy atom. The molecule has 162 valence electrons. The largest absolute Gasteiger partial charge is 0.616 e. The van der Waals surface area contributed by atoms with Gasteiger partial charge in [0.15, 0.2) is 0 Å². The molecule has 0 spiro atoms. The summed E-state index contributed by atoms with van der Waals surface area (Å²) in [7, 11) is -3.68. The Morgan fingerprint density at radius 1 is 1.16 bits per heavy atom. The van der Waals surface area contributed by atoms with Gasteiger partial charge in [-0.1, -0.05) is 60.7 Å². The van der Waals surface area contributed by atoms with Crippen LogP contribution in [-0.2, 0) is 39.9 Å². The van der Waals surface area contributed by atoms with Crippen molar-refractivity contribution in [2.75, 3.05) is 5.75 Å². The fourth-order valence-corrected chi connectivity index (χ4v) is 5.90. The second-order valence-corrected chi connectivity index (χ2v) is 10.8. The second-order valence-electron chi connectivity index (χ2n) is 7.59. The maximum absolute atomic E-state index is 12.7. The minimum atomic E-state index is -3.68. The molecule has 1 N–H and O–H groups in total.